The van der Waals surface area contributed by atoms with E-state index >= 15 is 0 Å². The number of hydrogen-bond donors (Lipinski definition) is 1. The minimum Gasteiger partial charge on any atom is -0.290 e. The standard InChI is InChI=1S/F2HNO2S.Li/c1-3(2)6(4)5;/h(H,4,5);. The van der Waals surface area contributed by atoms with Crippen molar-refractivity contribution in [3.05, 3.63) is 0 Å². The molecule has 0 aliphatic heterocycles. The molecule has 0 heterocycles. The van der Waals surface area contributed by atoms with Gasteiger partial charge in [-0.2, -0.15) is 0 Å². The molecule has 0 saturated heterocycles. The summed E-state index contributed by atoms with van der Waals surface area (Å²) in [6.07, 6.45) is 0. The fourth-order valence-corrected chi connectivity index (χ4v) is 0. The third-order valence-corrected chi connectivity index (χ3v) is 0.354. The molecule has 0 fully saturated rings. The van der Waals surface area contributed by atoms with Crippen LogP contribution in [-0.2, 0) is 11.3 Å². The summed E-state index contributed by atoms with van der Waals surface area (Å²) in [5.74, 6) is 0. The Bertz CT molecular complexity index is 66.7. The summed E-state index contributed by atoms with van der Waals surface area (Å²) in [7, 11) is 0. The van der Waals surface area contributed by atoms with Crippen LogP contribution in [0.1, 0.15) is 0 Å². The first kappa shape index (κ1) is 10.5. The molecule has 0 aromatic rings. The molecule has 1 N–H and O–H groups in total. The van der Waals surface area contributed by atoms with Gasteiger partial charge in [0, 0.05) is 18.9 Å². The quantitative estimate of drug-likeness (QED) is 0.299. The van der Waals surface area contributed by atoms with E-state index in [0.29, 0.717) is 0 Å². The molecule has 0 aliphatic carbocycles. The molecule has 39 valence electrons. The van der Waals surface area contributed by atoms with E-state index in [4.69, 9.17) is 8.76 Å². The Morgan fingerprint density at radius 3 is 1.71 bits per heavy atom. The van der Waals surface area contributed by atoms with E-state index in [1.54, 1.807) is 0 Å². The normalized spacial score (nSPS) is 13.1. The van der Waals surface area contributed by atoms with Crippen molar-refractivity contribution in [2.45, 2.75) is 0 Å². The van der Waals surface area contributed by atoms with Gasteiger partial charge < -0.3 is 0 Å². The Hall–Kier alpha value is 0.527. The van der Waals surface area contributed by atoms with Crippen molar-refractivity contribution < 1.29 is 17.7 Å². The van der Waals surface area contributed by atoms with E-state index in [1.807, 2.05) is 0 Å². The summed E-state index contributed by atoms with van der Waals surface area (Å²) in [6.45, 7) is 0. The molecule has 0 saturated carbocycles. The first-order valence-electron chi connectivity index (χ1n) is 0.870. The van der Waals surface area contributed by atoms with Crippen LogP contribution < -0.4 is 0 Å². The van der Waals surface area contributed by atoms with Crippen LogP contribution in [0, 0.1) is 0 Å². The van der Waals surface area contributed by atoms with Gasteiger partial charge in [-0.3, -0.25) is 4.55 Å². The third-order valence-electron chi connectivity index (χ3n) is 0.118. The van der Waals surface area contributed by atoms with E-state index in [1.165, 1.54) is 0 Å². The van der Waals surface area contributed by atoms with Crippen molar-refractivity contribution >= 4 is 30.1 Å². The largest absolute Gasteiger partial charge is 0.294 e. The topological polar surface area (TPSA) is 40.5 Å². The van der Waals surface area contributed by atoms with Crippen molar-refractivity contribution in [2.24, 2.45) is 0 Å². The Labute approximate surface area is 53.1 Å². The Morgan fingerprint density at radius 1 is 1.57 bits per heavy atom. The fourth-order valence-electron chi connectivity index (χ4n) is 0. The molecule has 1 radical (unpaired) electrons. The SMILES string of the molecule is O=S(O)N(F)F.[Li]. The second-order valence-electron chi connectivity index (χ2n) is 0.433. The fraction of sp³-hybridized carbons (Fsp3) is 0. The van der Waals surface area contributed by atoms with Crippen molar-refractivity contribution in [1.82, 2.24) is 4.75 Å². The predicted octanol–water partition coefficient (Wildman–Crippen LogP) is -0.187. The van der Waals surface area contributed by atoms with Crippen LogP contribution in [0.2, 0.25) is 0 Å². The van der Waals surface area contributed by atoms with E-state index in [0.717, 1.165) is 0 Å². The maximum Gasteiger partial charge on any atom is 0.294 e. The zero-order valence-corrected chi connectivity index (χ0v) is 4.28. The number of hydrogen-bond acceptors (Lipinski definition) is 1. The molecule has 7 heavy (non-hydrogen) atoms. The Morgan fingerprint density at radius 2 is 1.71 bits per heavy atom. The zero-order valence-electron chi connectivity index (χ0n) is 3.47. The summed E-state index contributed by atoms with van der Waals surface area (Å²) in [4.78, 5) is 0. The maximum atomic E-state index is 10.4. The minimum atomic E-state index is -3.12. The molecular weight excluding hydrogens is 123 g/mol. The molecule has 0 aromatic carbocycles. The van der Waals surface area contributed by atoms with Crippen molar-refractivity contribution in [1.29, 1.82) is 0 Å². The van der Waals surface area contributed by atoms with Gasteiger partial charge in [0.05, 0.1) is 0 Å². The second kappa shape index (κ2) is 4.68. The van der Waals surface area contributed by atoms with E-state index < -0.39 is 16.0 Å². The smallest absolute Gasteiger partial charge is 0.290 e. The van der Waals surface area contributed by atoms with Crippen LogP contribution >= 0.6 is 0 Å². The van der Waals surface area contributed by atoms with Crippen LogP contribution in [-0.4, -0.2) is 32.4 Å². The van der Waals surface area contributed by atoms with Gasteiger partial charge in [-0.15, -0.1) is 0 Å². The van der Waals surface area contributed by atoms with Gasteiger partial charge in [0.15, 0.2) is 0 Å². The van der Waals surface area contributed by atoms with E-state index in [-0.39, 0.29) is 18.9 Å². The summed E-state index contributed by atoms with van der Waals surface area (Å²) >= 11 is -3.12. The molecule has 1 unspecified atom stereocenters. The molecule has 0 rings (SSSR count). The molecule has 3 nitrogen and oxygen atoms in total. The molecule has 0 aromatic heterocycles. The number of rotatable bonds is 1. The van der Waals surface area contributed by atoms with Crippen molar-refractivity contribution in [3.63, 3.8) is 0 Å². The van der Waals surface area contributed by atoms with Gasteiger partial charge in [0.25, 0.3) is 11.3 Å². The molecule has 0 amide bonds. The van der Waals surface area contributed by atoms with E-state index in [9.17, 15) is 8.96 Å². The average Bonchev–Trinajstić information content (AvgIpc) is 1.36. The first-order valence-corrected chi connectivity index (χ1v) is 1.93. The molecule has 0 bridgehead atoms. The van der Waals surface area contributed by atoms with Gasteiger partial charge in [0.1, 0.15) is 4.75 Å². The number of halogens is 2. The Kier molecular flexibility index (Phi) is 7.02. The number of nitrogens with zero attached hydrogens (tertiary/aromatic N) is 1. The maximum absolute atomic E-state index is 10.4. The van der Waals surface area contributed by atoms with Crippen LogP contribution in [0.15, 0.2) is 0 Å². The monoisotopic (exact) mass is 124 g/mol. The summed E-state index contributed by atoms with van der Waals surface area (Å²) < 4.78 is 35.3. The van der Waals surface area contributed by atoms with Gasteiger partial charge >= 0.3 is 0 Å². The summed E-state index contributed by atoms with van der Waals surface area (Å²) in [6, 6.07) is 0. The second-order valence-corrected chi connectivity index (χ2v) is 1.17. The van der Waals surface area contributed by atoms with Crippen molar-refractivity contribution in [2.75, 3.05) is 0 Å². The molecule has 0 spiro atoms. The van der Waals surface area contributed by atoms with Crippen LogP contribution in [0.5, 0.6) is 0 Å². The van der Waals surface area contributed by atoms with Crippen LogP contribution in [0.3, 0.4) is 0 Å². The first-order chi connectivity index (χ1) is 2.64. The predicted molar refractivity (Wildman–Crippen MR) is 20.6 cm³/mol. The van der Waals surface area contributed by atoms with Gasteiger partial charge in [-0.25, -0.2) is 4.21 Å². The van der Waals surface area contributed by atoms with E-state index in [2.05, 4.69) is 0 Å². The van der Waals surface area contributed by atoms with Crippen molar-refractivity contribution in [3.8, 4) is 0 Å². The zero-order chi connectivity index (χ0) is 5.15. The molecular formula is HF2LiNO2S. The summed E-state index contributed by atoms with van der Waals surface area (Å²) in [5.41, 5.74) is 0. The minimum absolute atomic E-state index is 0. The summed E-state index contributed by atoms with van der Waals surface area (Å²) in [5, 5.41) is 0. The average molecular weight is 124 g/mol. The van der Waals surface area contributed by atoms with Gasteiger partial charge in [0.2, 0.25) is 0 Å². The van der Waals surface area contributed by atoms with Crippen LogP contribution in [0.4, 0.5) is 8.96 Å². The molecule has 7 heteroatoms. The van der Waals surface area contributed by atoms with Gasteiger partial charge in [-0.05, 0) is 0 Å². The van der Waals surface area contributed by atoms with Crippen LogP contribution in [0.25, 0.3) is 0 Å². The van der Waals surface area contributed by atoms with Gasteiger partial charge in [-0.1, -0.05) is 8.96 Å². The molecule has 1 atom stereocenters. The molecule has 0 aliphatic rings. The Balaban J connectivity index is 0. The third kappa shape index (κ3) is 6.53.